The number of nitrogens with zero attached hydrogens (tertiary/aromatic N) is 2. The Morgan fingerprint density at radius 1 is 1.20 bits per heavy atom. The Balaban J connectivity index is 1.98. The van der Waals surface area contributed by atoms with Crippen LogP contribution < -0.4 is 10.6 Å². The summed E-state index contributed by atoms with van der Waals surface area (Å²) in [5.74, 6) is 2.05. The summed E-state index contributed by atoms with van der Waals surface area (Å²) in [5.41, 5.74) is 0. The van der Waals surface area contributed by atoms with Crippen molar-refractivity contribution in [2.24, 2.45) is 11.8 Å². The van der Waals surface area contributed by atoms with E-state index in [4.69, 9.17) is 4.42 Å². The van der Waals surface area contributed by atoms with Crippen molar-refractivity contribution in [3.8, 4) is 0 Å². The first-order valence-corrected chi connectivity index (χ1v) is 7.95. The highest BCUT2D eigenvalue weighted by molar-refractivity contribution is 5.21. The lowest BCUT2D eigenvalue weighted by atomic mass is 9.78. The third kappa shape index (κ3) is 3.72. The first kappa shape index (κ1) is 15.3. The largest absolute Gasteiger partial charge is 0.406 e. The Bertz CT molecular complexity index is 404. The Labute approximate surface area is 121 Å². The molecule has 5 heteroatoms. The van der Waals surface area contributed by atoms with Crippen molar-refractivity contribution in [3.05, 3.63) is 5.89 Å². The van der Waals surface area contributed by atoms with Gasteiger partial charge in [0.2, 0.25) is 5.89 Å². The van der Waals surface area contributed by atoms with E-state index in [0.29, 0.717) is 29.8 Å². The van der Waals surface area contributed by atoms with Gasteiger partial charge in [0, 0.05) is 6.04 Å². The van der Waals surface area contributed by atoms with Crippen molar-refractivity contribution in [1.29, 1.82) is 0 Å². The monoisotopic (exact) mass is 280 g/mol. The van der Waals surface area contributed by atoms with Gasteiger partial charge >= 0.3 is 6.01 Å². The maximum absolute atomic E-state index is 5.73. The Morgan fingerprint density at radius 2 is 1.95 bits per heavy atom. The van der Waals surface area contributed by atoms with E-state index >= 15 is 0 Å². The van der Waals surface area contributed by atoms with Gasteiger partial charge in [-0.2, -0.15) is 0 Å². The average Bonchev–Trinajstić information content (AvgIpc) is 2.88. The van der Waals surface area contributed by atoms with Crippen LogP contribution in [0.3, 0.4) is 0 Å². The minimum absolute atomic E-state index is 0.107. The molecular formula is C15H28N4O. The molecule has 1 aromatic rings. The molecule has 0 bridgehead atoms. The average molecular weight is 280 g/mol. The van der Waals surface area contributed by atoms with E-state index in [2.05, 4.69) is 41.6 Å². The van der Waals surface area contributed by atoms with Crippen LogP contribution in [0.15, 0.2) is 4.42 Å². The maximum Gasteiger partial charge on any atom is 0.315 e. The summed E-state index contributed by atoms with van der Waals surface area (Å²) < 4.78 is 5.73. The molecule has 0 saturated heterocycles. The fourth-order valence-corrected chi connectivity index (χ4v) is 3.16. The molecule has 0 radical (unpaired) electrons. The molecule has 3 atom stereocenters. The van der Waals surface area contributed by atoms with E-state index in [1.165, 1.54) is 25.7 Å². The molecule has 1 aliphatic rings. The van der Waals surface area contributed by atoms with Crippen molar-refractivity contribution in [2.45, 2.75) is 65.5 Å². The minimum atomic E-state index is 0.107. The summed E-state index contributed by atoms with van der Waals surface area (Å²) >= 11 is 0. The van der Waals surface area contributed by atoms with Crippen LogP contribution in [0.25, 0.3) is 0 Å². The number of rotatable bonds is 6. The highest BCUT2D eigenvalue weighted by Crippen LogP contribution is 2.32. The summed E-state index contributed by atoms with van der Waals surface area (Å²) in [5, 5.41) is 15.0. The molecule has 3 unspecified atom stereocenters. The lowest BCUT2D eigenvalue weighted by Gasteiger charge is -2.34. The summed E-state index contributed by atoms with van der Waals surface area (Å²) in [6, 6.07) is 1.14. The number of hydrogen-bond acceptors (Lipinski definition) is 5. The van der Waals surface area contributed by atoms with E-state index in [-0.39, 0.29) is 6.04 Å². The third-order valence-electron chi connectivity index (χ3n) is 4.31. The first-order valence-electron chi connectivity index (χ1n) is 7.95. The van der Waals surface area contributed by atoms with Gasteiger partial charge in [-0.3, -0.25) is 0 Å². The number of nitrogens with one attached hydrogen (secondary N) is 2. The third-order valence-corrected chi connectivity index (χ3v) is 4.31. The van der Waals surface area contributed by atoms with Gasteiger partial charge in [-0.15, -0.1) is 5.10 Å². The second-order valence-corrected chi connectivity index (χ2v) is 6.17. The summed E-state index contributed by atoms with van der Waals surface area (Å²) in [4.78, 5) is 0. The van der Waals surface area contributed by atoms with Gasteiger partial charge in [0.05, 0.1) is 6.04 Å². The number of aromatic nitrogens is 2. The molecule has 1 aliphatic carbocycles. The van der Waals surface area contributed by atoms with Crippen molar-refractivity contribution in [2.75, 3.05) is 11.9 Å². The minimum Gasteiger partial charge on any atom is -0.406 e. The second kappa shape index (κ2) is 7.07. The quantitative estimate of drug-likeness (QED) is 0.836. The molecule has 0 aliphatic heterocycles. The van der Waals surface area contributed by atoms with Gasteiger partial charge in [0.25, 0.3) is 0 Å². The summed E-state index contributed by atoms with van der Waals surface area (Å²) in [7, 11) is 0. The van der Waals surface area contributed by atoms with Crippen LogP contribution in [-0.4, -0.2) is 22.8 Å². The van der Waals surface area contributed by atoms with E-state index in [0.717, 1.165) is 6.54 Å². The lowest BCUT2D eigenvalue weighted by Crippen LogP contribution is -2.35. The predicted octanol–water partition coefficient (Wildman–Crippen LogP) is 3.37. The van der Waals surface area contributed by atoms with Crippen LogP contribution in [0.2, 0.25) is 0 Å². The molecule has 1 heterocycles. The normalized spacial score (nSPS) is 24.9. The highest BCUT2D eigenvalue weighted by Gasteiger charge is 2.28. The molecule has 1 aromatic heterocycles. The molecule has 0 amide bonds. The van der Waals surface area contributed by atoms with Crippen LogP contribution >= 0.6 is 0 Å². The van der Waals surface area contributed by atoms with Crippen molar-refractivity contribution < 1.29 is 4.42 Å². The van der Waals surface area contributed by atoms with Gasteiger partial charge in [0.15, 0.2) is 0 Å². The van der Waals surface area contributed by atoms with Gasteiger partial charge in [-0.05, 0) is 38.1 Å². The molecular weight excluding hydrogens is 252 g/mol. The fourth-order valence-electron chi connectivity index (χ4n) is 3.16. The highest BCUT2D eigenvalue weighted by atomic mass is 16.4. The first-order chi connectivity index (χ1) is 9.61. The Hall–Kier alpha value is -1.10. The number of hydrogen-bond donors (Lipinski definition) is 2. The SMILES string of the molecule is CCNC(C)c1nnc(NC2CCCCC2C(C)C)o1. The van der Waals surface area contributed by atoms with Crippen LogP contribution in [0.4, 0.5) is 6.01 Å². The van der Waals surface area contributed by atoms with Crippen LogP contribution in [-0.2, 0) is 0 Å². The van der Waals surface area contributed by atoms with Crippen molar-refractivity contribution in [3.63, 3.8) is 0 Å². The lowest BCUT2D eigenvalue weighted by molar-refractivity contribution is 0.250. The van der Waals surface area contributed by atoms with Gasteiger partial charge in [0.1, 0.15) is 0 Å². The van der Waals surface area contributed by atoms with Crippen molar-refractivity contribution in [1.82, 2.24) is 15.5 Å². The molecule has 0 aromatic carbocycles. The molecule has 2 N–H and O–H groups in total. The molecule has 1 fully saturated rings. The maximum atomic E-state index is 5.73. The van der Waals surface area contributed by atoms with Gasteiger partial charge in [-0.1, -0.05) is 38.7 Å². The Morgan fingerprint density at radius 3 is 2.65 bits per heavy atom. The van der Waals surface area contributed by atoms with E-state index in [1.54, 1.807) is 0 Å². The molecule has 114 valence electrons. The molecule has 0 spiro atoms. The van der Waals surface area contributed by atoms with Gasteiger partial charge < -0.3 is 15.1 Å². The van der Waals surface area contributed by atoms with E-state index in [9.17, 15) is 0 Å². The van der Waals surface area contributed by atoms with Crippen LogP contribution in [0.1, 0.15) is 65.3 Å². The molecule has 5 nitrogen and oxygen atoms in total. The van der Waals surface area contributed by atoms with Crippen molar-refractivity contribution >= 4 is 6.01 Å². The fraction of sp³-hybridized carbons (Fsp3) is 0.867. The zero-order valence-corrected chi connectivity index (χ0v) is 13.1. The van der Waals surface area contributed by atoms with Gasteiger partial charge in [-0.25, -0.2) is 0 Å². The van der Waals surface area contributed by atoms with E-state index in [1.807, 2.05) is 6.92 Å². The summed E-state index contributed by atoms with van der Waals surface area (Å²) in [6.07, 6.45) is 5.12. The topological polar surface area (TPSA) is 63.0 Å². The molecule has 20 heavy (non-hydrogen) atoms. The van der Waals surface area contributed by atoms with Crippen LogP contribution in [0, 0.1) is 11.8 Å². The van der Waals surface area contributed by atoms with E-state index < -0.39 is 0 Å². The Kier molecular flexibility index (Phi) is 5.40. The number of anilines is 1. The van der Waals surface area contributed by atoms with Crippen LogP contribution in [0.5, 0.6) is 0 Å². The molecule has 1 saturated carbocycles. The second-order valence-electron chi connectivity index (χ2n) is 6.17. The zero-order chi connectivity index (χ0) is 14.5. The summed E-state index contributed by atoms with van der Waals surface area (Å²) in [6.45, 7) is 9.61. The zero-order valence-electron chi connectivity index (χ0n) is 13.1. The smallest absolute Gasteiger partial charge is 0.315 e. The predicted molar refractivity (Wildman–Crippen MR) is 80.6 cm³/mol. The standard InChI is InChI=1S/C15H28N4O/c1-5-16-11(4)14-18-19-15(20-14)17-13-9-7-6-8-12(13)10(2)3/h10-13,16H,5-9H2,1-4H3,(H,17,19). The molecule has 2 rings (SSSR count).